The molecular formula is C28H26FN5O3. The topological polar surface area (TPSA) is 89.4 Å². The normalized spacial score (nSPS) is 16.9. The van der Waals surface area contributed by atoms with E-state index in [-0.39, 0.29) is 30.1 Å². The summed E-state index contributed by atoms with van der Waals surface area (Å²) in [4.78, 5) is 32.0. The van der Waals surface area contributed by atoms with E-state index >= 15 is 0 Å². The summed E-state index contributed by atoms with van der Waals surface area (Å²) in [7, 11) is 0. The van der Waals surface area contributed by atoms with Crippen LogP contribution in [0.4, 0.5) is 10.1 Å². The molecule has 2 atom stereocenters. The van der Waals surface area contributed by atoms with Gasteiger partial charge in [0.1, 0.15) is 42.6 Å². The highest BCUT2D eigenvalue weighted by Crippen LogP contribution is 2.29. The van der Waals surface area contributed by atoms with Crippen molar-refractivity contribution in [3.05, 3.63) is 103 Å². The maximum absolute atomic E-state index is 13.3. The molecule has 1 aliphatic rings. The summed E-state index contributed by atoms with van der Waals surface area (Å²) in [6.07, 6.45) is 4.21. The zero-order valence-electron chi connectivity index (χ0n) is 20.0. The molecule has 5 rings (SSSR count). The van der Waals surface area contributed by atoms with Gasteiger partial charge in [-0.05, 0) is 72.9 Å². The quantitative estimate of drug-likeness (QED) is 0.390. The highest BCUT2D eigenvalue weighted by atomic mass is 19.1. The zero-order chi connectivity index (χ0) is 25.6. The van der Waals surface area contributed by atoms with Gasteiger partial charge in [-0.25, -0.2) is 14.1 Å². The fraction of sp³-hybridized carbons (Fsp3) is 0.214. The second-order valence-corrected chi connectivity index (χ2v) is 9.02. The van der Waals surface area contributed by atoms with Crippen LogP contribution in [0.1, 0.15) is 12.0 Å². The third-order valence-electron chi connectivity index (χ3n) is 6.31. The van der Waals surface area contributed by atoms with Gasteiger partial charge in [0.15, 0.2) is 0 Å². The molecule has 1 fully saturated rings. The Labute approximate surface area is 213 Å². The van der Waals surface area contributed by atoms with Crippen LogP contribution >= 0.6 is 0 Å². The van der Waals surface area contributed by atoms with Gasteiger partial charge in [0, 0.05) is 12.2 Å². The van der Waals surface area contributed by atoms with E-state index in [2.05, 4.69) is 27.5 Å². The number of halogens is 1. The Morgan fingerprint density at radius 3 is 2.35 bits per heavy atom. The predicted octanol–water partition coefficient (Wildman–Crippen LogP) is 4.31. The highest BCUT2D eigenvalue weighted by Gasteiger charge is 2.39. The van der Waals surface area contributed by atoms with Crippen molar-refractivity contribution in [1.29, 1.82) is 0 Å². The summed E-state index contributed by atoms with van der Waals surface area (Å²) in [6, 6.07) is 22.1. The van der Waals surface area contributed by atoms with Gasteiger partial charge in [-0.15, -0.1) is 0 Å². The molecule has 1 aliphatic heterocycles. The van der Waals surface area contributed by atoms with E-state index in [1.54, 1.807) is 41.3 Å². The first kappa shape index (κ1) is 24.2. The molecule has 1 saturated heterocycles. The van der Waals surface area contributed by atoms with Gasteiger partial charge in [0.2, 0.25) is 11.8 Å². The van der Waals surface area contributed by atoms with Crippen molar-refractivity contribution in [3.8, 4) is 11.5 Å². The lowest BCUT2D eigenvalue weighted by atomic mass is 9.96. The number of hydrogen-bond acceptors (Lipinski definition) is 5. The third-order valence-corrected chi connectivity index (χ3v) is 6.31. The average Bonchev–Trinajstić information content (AvgIpc) is 3.57. The number of nitrogens with one attached hydrogen (secondary N) is 1. The van der Waals surface area contributed by atoms with Gasteiger partial charge in [-0.1, -0.05) is 30.3 Å². The number of hydrogen-bond donors (Lipinski definition) is 1. The first-order valence-corrected chi connectivity index (χ1v) is 12.0. The van der Waals surface area contributed by atoms with Crippen LogP contribution in [0.3, 0.4) is 0 Å². The number of benzene rings is 3. The molecule has 1 N–H and O–H groups in total. The van der Waals surface area contributed by atoms with Gasteiger partial charge in [0.05, 0.1) is 0 Å². The van der Waals surface area contributed by atoms with Crippen LogP contribution in [0.2, 0.25) is 0 Å². The first-order valence-electron chi connectivity index (χ1n) is 12.0. The van der Waals surface area contributed by atoms with E-state index in [0.717, 1.165) is 6.42 Å². The maximum atomic E-state index is 13.3. The lowest BCUT2D eigenvalue weighted by Gasteiger charge is -2.24. The molecule has 2 heterocycles. The molecule has 0 saturated carbocycles. The number of likely N-dealkylation sites (tertiary alicyclic amines) is 1. The molecule has 4 aromatic rings. The standard InChI is InChI=1S/C28H26FN5O3/c29-22-6-10-24(11-7-22)37-25-12-8-23(9-13-25)32-28(36)26-15-21(14-20-4-2-1-3-5-20)16-34(26)27(35)17-33-19-30-18-31-33/h1-13,18-19,21,26H,14-17H2,(H,32,36). The molecule has 0 aliphatic carbocycles. The number of anilines is 1. The molecular weight excluding hydrogens is 473 g/mol. The van der Waals surface area contributed by atoms with Crippen LogP contribution in [0.15, 0.2) is 91.5 Å². The van der Waals surface area contributed by atoms with Crippen molar-refractivity contribution in [2.24, 2.45) is 5.92 Å². The number of carbonyl (C=O) groups is 2. The summed E-state index contributed by atoms with van der Waals surface area (Å²) < 4.78 is 20.3. The van der Waals surface area contributed by atoms with E-state index in [0.29, 0.717) is 30.2 Å². The number of aromatic nitrogens is 3. The second kappa shape index (κ2) is 11.0. The van der Waals surface area contributed by atoms with Crippen molar-refractivity contribution in [3.63, 3.8) is 0 Å². The Morgan fingerprint density at radius 1 is 0.973 bits per heavy atom. The van der Waals surface area contributed by atoms with Crippen molar-refractivity contribution in [1.82, 2.24) is 19.7 Å². The lowest BCUT2D eigenvalue weighted by molar-refractivity contribution is -0.137. The number of rotatable bonds is 8. The lowest BCUT2D eigenvalue weighted by Crippen LogP contribution is -2.44. The number of carbonyl (C=O) groups excluding carboxylic acids is 2. The molecule has 0 spiro atoms. The Morgan fingerprint density at radius 2 is 1.68 bits per heavy atom. The van der Waals surface area contributed by atoms with Crippen molar-refractivity contribution < 1.29 is 18.7 Å². The Balaban J connectivity index is 1.26. The molecule has 3 aromatic carbocycles. The summed E-state index contributed by atoms with van der Waals surface area (Å²) in [5, 5.41) is 6.96. The minimum atomic E-state index is -0.597. The summed E-state index contributed by atoms with van der Waals surface area (Å²) in [6.45, 7) is 0.516. The minimum Gasteiger partial charge on any atom is -0.457 e. The van der Waals surface area contributed by atoms with Crippen LogP contribution in [0.25, 0.3) is 0 Å². The fourth-order valence-electron chi connectivity index (χ4n) is 4.56. The van der Waals surface area contributed by atoms with E-state index in [1.807, 2.05) is 18.2 Å². The molecule has 2 amide bonds. The van der Waals surface area contributed by atoms with Gasteiger partial charge >= 0.3 is 0 Å². The highest BCUT2D eigenvalue weighted by molar-refractivity contribution is 5.97. The number of ether oxygens (including phenoxy) is 1. The maximum Gasteiger partial charge on any atom is 0.247 e. The van der Waals surface area contributed by atoms with E-state index < -0.39 is 6.04 Å². The van der Waals surface area contributed by atoms with Gasteiger partial charge in [0.25, 0.3) is 0 Å². The van der Waals surface area contributed by atoms with Crippen LogP contribution in [-0.4, -0.2) is 44.1 Å². The van der Waals surface area contributed by atoms with Gasteiger partial charge in [-0.2, -0.15) is 5.10 Å². The van der Waals surface area contributed by atoms with E-state index in [9.17, 15) is 14.0 Å². The molecule has 0 radical (unpaired) electrons. The van der Waals surface area contributed by atoms with Crippen LogP contribution < -0.4 is 10.1 Å². The van der Waals surface area contributed by atoms with E-state index in [1.165, 1.54) is 35.0 Å². The Hall–Kier alpha value is -4.53. The largest absolute Gasteiger partial charge is 0.457 e. The summed E-state index contributed by atoms with van der Waals surface area (Å²) in [5.74, 6) is 0.466. The molecule has 8 nitrogen and oxygen atoms in total. The molecule has 188 valence electrons. The van der Waals surface area contributed by atoms with Crippen molar-refractivity contribution in [2.45, 2.75) is 25.4 Å². The summed E-state index contributed by atoms with van der Waals surface area (Å²) >= 11 is 0. The monoisotopic (exact) mass is 499 g/mol. The number of nitrogens with zero attached hydrogens (tertiary/aromatic N) is 4. The molecule has 1 aromatic heterocycles. The molecule has 2 unspecified atom stereocenters. The van der Waals surface area contributed by atoms with Crippen LogP contribution in [0, 0.1) is 11.7 Å². The third kappa shape index (κ3) is 6.19. The Kier molecular flexibility index (Phi) is 7.21. The molecule has 0 bridgehead atoms. The predicted molar refractivity (Wildman–Crippen MR) is 135 cm³/mol. The Bertz CT molecular complexity index is 1330. The fourth-order valence-corrected chi connectivity index (χ4v) is 4.56. The smallest absolute Gasteiger partial charge is 0.247 e. The first-order chi connectivity index (χ1) is 18.0. The van der Waals surface area contributed by atoms with Gasteiger partial charge in [-0.3, -0.25) is 9.59 Å². The average molecular weight is 500 g/mol. The molecule has 9 heteroatoms. The molecule has 37 heavy (non-hydrogen) atoms. The van der Waals surface area contributed by atoms with Crippen molar-refractivity contribution >= 4 is 17.5 Å². The van der Waals surface area contributed by atoms with E-state index in [4.69, 9.17) is 4.74 Å². The van der Waals surface area contributed by atoms with Crippen LogP contribution in [0.5, 0.6) is 11.5 Å². The zero-order valence-corrected chi connectivity index (χ0v) is 20.0. The SMILES string of the molecule is O=C(Nc1ccc(Oc2ccc(F)cc2)cc1)C1CC(Cc2ccccc2)CN1C(=O)Cn1cncn1. The van der Waals surface area contributed by atoms with Crippen LogP contribution in [-0.2, 0) is 22.6 Å². The minimum absolute atomic E-state index is 0.0251. The van der Waals surface area contributed by atoms with Crippen molar-refractivity contribution in [2.75, 3.05) is 11.9 Å². The number of amides is 2. The second-order valence-electron chi connectivity index (χ2n) is 9.02. The summed E-state index contributed by atoms with van der Waals surface area (Å²) in [5.41, 5.74) is 1.76. The van der Waals surface area contributed by atoms with Gasteiger partial charge < -0.3 is 15.0 Å².